The van der Waals surface area contributed by atoms with Crippen molar-refractivity contribution in [3.05, 3.63) is 41.1 Å². The van der Waals surface area contributed by atoms with Gasteiger partial charge in [-0.3, -0.25) is 0 Å². The molecule has 104 valence electrons. The molecule has 0 amide bonds. The summed E-state index contributed by atoms with van der Waals surface area (Å²) in [5, 5.41) is 23.6. The number of benzene rings is 1. The summed E-state index contributed by atoms with van der Waals surface area (Å²) in [6.45, 7) is 3.17. The molecular weight excluding hydrogens is 248 g/mol. The van der Waals surface area contributed by atoms with Gasteiger partial charge in [0.05, 0.1) is 5.56 Å². The second kappa shape index (κ2) is 4.57. The van der Waals surface area contributed by atoms with Gasteiger partial charge in [0.25, 0.3) is 5.71 Å². The van der Waals surface area contributed by atoms with Gasteiger partial charge < -0.3 is 19.9 Å². The van der Waals surface area contributed by atoms with Crippen LogP contribution in [0.25, 0.3) is 0 Å². The fraction of sp³-hybridized carbons (Fsp3) is 0.462. The third-order valence-corrected chi connectivity index (χ3v) is 3.40. The molecule has 2 rings (SSSR count). The van der Waals surface area contributed by atoms with Crippen LogP contribution >= 0.6 is 0 Å². The third kappa shape index (κ3) is 1.76. The maximum Gasteiger partial charge on any atom is 0.348 e. The van der Waals surface area contributed by atoms with Crippen LogP contribution in [0, 0.1) is 5.21 Å². The number of ether oxygens (including phenoxy) is 2. The van der Waals surface area contributed by atoms with Crippen molar-refractivity contribution in [1.82, 2.24) is 5.06 Å². The zero-order chi connectivity index (χ0) is 14.3. The summed E-state index contributed by atoms with van der Waals surface area (Å²) >= 11 is 0. The summed E-state index contributed by atoms with van der Waals surface area (Å²) in [5.74, 6) is -1.62. The molecule has 1 aliphatic heterocycles. The van der Waals surface area contributed by atoms with Gasteiger partial charge in [-0.25, -0.2) is 0 Å². The molecule has 0 fully saturated rings. The van der Waals surface area contributed by atoms with Gasteiger partial charge in [-0.1, -0.05) is 23.3 Å². The van der Waals surface area contributed by atoms with Crippen molar-refractivity contribution in [2.24, 2.45) is 0 Å². The second-order valence-corrected chi connectivity index (χ2v) is 4.81. The molecule has 0 spiro atoms. The highest BCUT2D eigenvalue weighted by Crippen LogP contribution is 2.36. The smallest absolute Gasteiger partial charge is 0.348 e. The number of hydrogen-bond donors (Lipinski definition) is 1. The Hall–Kier alpha value is -1.47. The summed E-state index contributed by atoms with van der Waals surface area (Å²) in [6, 6.07) is 8.99. The van der Waals surface area contributed by atoms with Gasteiger partial charge in [-0.15, -0.1) is 0 Å². The predicted octanol–water partition coefficient (Wildman–Crippen LogP) is 1.37. The van der Waals surface area contributed by atoms with Crippen molar-refractivity contribution in [1.29, 1.82) is 0 Å². The van der Waals surface area contributed by atoms with Gasteiger partial charge in [0.2, 0.25) is 5.66 Å². The van der Waals surface area contributed by atoms with E-state index in [0.29, 0.717) is 10.3 Å². The van der Waals surface area contributed by atoms with Crippen molar-refractivity contribution in [3.8, 4) is 0 Å². The van der Waals surface area contributed by atoms with E-state index in [2.05, 4.69) is 0 Å². The Morgan fingerprint density at radius 1 is 1.16 bits per heavy atom. The van der Waals surface area contributed by atoms with E-state index in [-0.39, 0.29) is 5.71 Å². The molecule has 0 saturated heterocycles. The van der Waals surface area contributed by atoms with Gasteiger partial charge in [0, 0.05) is 28.1 Å². The monoisotopic (exact) mass is 266 g/mol. The Labute approximate surface area is 112 Å². The lowest BCUT2D eigenvalue weighted by molar-refractivity contribution is -0.587. The summed E-state index contributed by atoms with van der Waals surface area (Å²) in [7, 11) is 2.76. The minimum Gasteiger partial charge on any atom is -0.622 e. The molecule has 1 aromatic carbocycles. The first-order valence-corrected chi connectivity index (χ1v) is 5.91. The molecule has 0 radical (unpaired) electrons. The fourth-order valence-corrected chi connectivity index (χ4v) is 2.29. The highest BCUT2D eigenvalue weighted by Gasteiger charge is 2.64. The van der Waals surface area contributed by atoms with Crippen molar-refractivity contribution in [2.45, 2.75) is 25.4 Å². The molecule has 6 heteroatoms. The molecule has 19 heavy (non-hydrogen) atoms. The van der Waals surface area contributed by atoms with Crippen molar-refractivity contribution in [3.63, 3.8) is 0 Å². The number of rotatable bonds is 3. The average Bonchev–Trinajstić information content (AvgIpc) is 2.58. The molecule has 1 aliphatic rings. The second-order valence-electron chi connectivity index (χ2n) is 4.81. The van der Waals surface area contributed by atoms with Gasteiger partial charge in [-0.05, 0) is 12.1 Å². The predicted molar refractivity (Wildman–Crippen MR) is 68.6 cm³/mol. The van der Waals surface area contributed by atoms with Gasteiger partial charge in [-0.2, -0.15) is 4.74 Å². The zero-order valence-electron chi connectivity index (χ0n) is 11.5. The lowest BCUT2D eigenvalue weighted by Gasteiger charge is -2.32. The van der Waals surface area contributed by atoms with Gasteiger partial charge in [0.1, 0.15) is 0 Å². The molecule has 0 atom stereocenters. The van der Waals surface area contributed by atoms with E-state index in [1.807, 2.05) is 6.07 Å². The summed E-state index contributed by atoms with van der Waals surface area (Å²) < 4.78 is 11.3. The fourth-order valence-electron chi connectivity index (χ4n) is 2.29. The molecule has 1 heterocycles. The number of hydroxylamine groups is 3. The summed E-state index contributed by atoms with van der Waals surface area (Å²) in [5.41, 5.74) is -0.353. The Morgan fingerprint density at radius 2 is 1.68 bits per heavy atom. The number of methoxy groups -OCH3 is 2. The van der Waals surface area contributed by atoms with Crippen molar-refractivity contribution < 1.29 is 19.4 Å². The third-order valence-electron chi connectivity index (χ3n) is 3.40. The maximum atomic E-state index is 12.5. The first-order valence-electron chi connectivity index (χ1n) is 5.91. The highest BCUT2D eigenvalue weighted by molar-refractivity contribution is 6.02. The average molecular weight is 266 g/mol. The van der Waals surface area contributed by atoms with Crippen LogP contribution in [0.5, 0.6) is 0 Å². The van der Waals surface area contributed by atoms with Crippen molar-refractivity contribution in [2.75, 3.05) is 14.2 Å². The first kappa shape index (κ1) is 14.0. The van der Waals surface area contributed by atoms with Crippen LogP contribution in [-0.4, -0.2) is 46.5 Å². The topological polar surface area (TPSA) is 68.0 Å². The summed E-state index contributed by atoms with van der Waals surface area (Å²) in [4.78, 5) is 0. The Bertz CT molecular complexity index is 495. The van der Waals surface area contributed by atoms with E-state index in [9.17, 15) is 10.4 Å². The molecular formula is C13H18N2O4. The van der Waals surface area contributed by atoms with Crippen LogP contribution in [0.15, 0.2) is 30.3 Å². The molecule has 6 nitrogen and oxygen atoms in total. The largest absolute Gasteiger partial charge is 0.622 e. The Balaban J connectivity index is 2.69. The SMILES string of the molecule is COC1(OC)C(c2ccccc2)=[N+]([O-])C(C)(C)N1O. The van der Waals surface area contributed by atoms with Crippen LogP contribution in [-0.2, 0) is 9.47 Å². The van der Waals surface area contributed by atoms with Crippen LogP contribution in [0.1, 0.15) is 19.4 Å². The van der Waals surface area contributed by atoms with Crippen molar-refractivity contribution >= 4 is 5.71 Å². The lowest BCUT2D eigenvalue weighted by Crippen LogP contribution is -2.57. The molecule has 0 unspecified atom stereocenters. The van der Waals surface area contributed by atoms with Gasteiger partial charge >= 0.3 is 5.91 Å². The van der Waals surface area contributed by atoms with Crippen LogP contribution in [0.3, 0.4) is 0 Å². The molecule has 1 aromatic rings. The minimum absolute atomic E-state index is 0.214. The maximum absolute atomic E-state index is 12.5. The molecule has 0 bridgehead atoms. The first-order chi connectivity index (χ1) is 8.91. The van der Waals surface area contributed by atoms with Crippen LogP contribution in [0.2, 0.25) is 0 Å². The lowest BCUT2D eigenvalue weighted by atomic mass is 10.1. The Morgan fingerprint density at radius 3 is 2.16 bits per heavy atom. The van der Waals surface area contributed by atoms with E-state index >= 15 is 0 Å². The standard InChI is InChI=1S/C13H18N2O4/c1-12(2)14(16)11(10-8-6-5-7-9-10)13(18-3,19-4)15(12)17/h5-9,17H,1-4H3. The Kier molecular flexibility index (Phi) is 3.36. The normalized spacial score (nSPS) is 21.9. The van der Waals surface area contributed by atoms with Crippen LogP contribution in [0.4, 0.5) is 0 Å². The quantitative estimate of drug-likeness (QED) is 0.508. The summed E-state index contributed by atoms with van der Waals surface area (Å²) in [6.07, 6.45) is 0. The molecule has 0 aromatic heterocycles. The van der Waals surface area contributed by atoms with E-state index in [1.54, 1.807) is 38.1 Å². The van der Waals surface area contributed by atoms with Gasteiger partial charge in [0.15, 0.2) is 0 Å². The zero-order valence-corrected chi connectivity index (χ0v) is 11.5. The molecule has 0 aliphatic carbocycles. The van der Waals surface area contributed by atoms with E-state index < -0.39 is 11.6 Å². The molecule has 0 saturated carbocycles. The molecule has 1 N–H and O–H groups in total. The number of nitrogens with zero attached hydrogens (tertiary/aromatic N) is 2. The van der Waals surface area contributed by atoms with E-state index in [4.69, 9.17) is 9.47 Å². The highest BCUT2D eigenvalue weighted by atomic mass is 16.8. The van der Waals surface area contributed by atoms with E-state index in [1.165, 1.54) is 14.2 Å². The number of hydrogen-bond acceptors (Lipinski definition) is 5. The minimum atomic E-state index is -1.62. The van der Waals surface area contributed by atoms with E-state index in [0.717, 1.165) is 5.06 Å². The van der Waals surface area contributed by atoms with Crippen LogP contribution < -0.4 is 0 Å².